The topological polar surface area (TPSA) is 61.4 Å². The zero-order valence-electron chi connectivity index (χ0n) is 19.8. The number of nitrogens with zero attached hydrogens (tertiary/aromatic N) is 2. The van der Waals surface area contributed by atoms with Gasteiger partial charge in [-0.1, -0.05) is 24.3 Å². The molecule has 4 rings (SSSR count). The summed E-state index contributed by atoms with van der Waals surface area (Å²) in [5, 5.41) is 0. The third-order valence-corrected chi connectivity index (χ3v) is 6.34. The standard InChI is InChI=1S/C23H32B2N2O6/c1-28-24(29-2)26(18-20-12-6-8-14-22(20)32-24)16-10-5-11-17-27-19-21-13-7-9-15-23(21)33-25(27,30-3)31-4/h6-9,12-15,18-19H,5,10-11,16-17H2,1-4H3. The number of hydrogen-bond donors (Lipinski definition) is 0. The molecule has 2 aliphatic rings. The van der Waals surface area contributed by atoms with E-state index < -0.39 is 13.8 Å². The molecule has 0 N–H and O–H groups in total. The van der Waals surface area contributed by atoms with Gasteiger partial charge in [-0.15, -0.1) is 0 Å². The van der Waals surface area contributed by atoms with E-state index >= 15 is 0 Å². The van der Waals surface area contributed by atoms with Gasteiger partial charge < -0.3 is 36.9 Å². The average Bonchev–Trinajstić information content (AvgIpc) is 2.87. The summed E-state index contributed by atoms with van der Waals surface area (Å²) < 4.78 is 39.1. The van der Waals surface area contributed by atoms with Crippen molar-refractivity contribution in [3.63, 3.8) is 0 Å². The van der Waals surface area contributed by atoms with E-state index in [1.165, 1.54) is 0 Å². The Morgan fingerprint density at radius 3 is 1.39 bits per heavy atom. The van der Waals surface area contributed by atoms with Gasteiger partial charge in [0.1, 0.15) is 12.4 Å². The van der Waals surface area contributed by atoms with Crippen molar-refractivity contribution in [3.8, 4) is 11.5 Å². The molecule has 0 fully saturated rings. The van der Waals surface area contributed by atoms with Gasteiger partial charge >= 0.3 is 13.8 Å². The van der Waals surface area contributed by atoms with E-state index in [4.69, 9.17) is 27.9 Å². The van der Waals surface area contributed by atoms with E-state index in [2.05, 4.69) is 12.4 Å². The fraction of sp³-hybridized carbons (Fsp3) is 0.391. The normalized spacial score (nSPS) is 17.7. The zero-order chi connectivity index (χ0) is 23.3. The highest BCUT2D eigenvalue weighted by Gasteiger charge is 2.50. The molecule has 2 aromatic rings. The maximum atomic E-state index is 6.12. The first kappa shape index (κ1) is 23.5. The Balaban J connectivity index is 1.40. The summed E-state index contributed by atoms with van der Waals surface area (Å²) in [6.07, 6.45) is 6.96. The Kier molecular flexibility index (Phi) is 7.19. The minimum absolute atomic E-state index is 0.740. The van der Waals surface area contributed by atoms with Gasteiger partial charge in [-0.05, 0) is 59.1 Å². The molecule has 0 saturated heterocycles. The van der Waals surface area contributed by atoms with Crippen molar-refractivity contribution in [1.82, 2.24) is 0 Å². The minimum Gasteiger partial charge on any atom is -0.607 e. The minimum atomic E-state index is -2.03. The van der Waals surface area contributed by atoms with Crippen molar-refractivity contribution in [3.05, 3.63) is 59.7 Å². The first-order chi connectivity index (χ1) is 16.1. The van der Waals surface area contributed by atoms with Crippen molar-refractivity contribution in [2.45, 2.75) is 19.3 Å². The van der Waals surface area contributed by atoms with E-state index in [1.807, 2.05) is 57.5 Å². The van der Waals surface area contributed by atoms with E-state index in [0.29, 0.717) is 0 Å². The number of benzene rings is 2. The smallest absolute Gasteiger partial charge is 0.607 e. The molecule has 8 nitrogen and oxygen atoms in total. The van der Waals surface area contributed by atoms with Gasteiger partial charge in [0, 0.05) is 12.8 Å². The van der Waals surface area contributed by atoms with Crippen LogP contribution in [0.15, 0.2) is 48.5 Å². The number of fused-ring (bicyclic) bond motifs is 2. The molecule has 2 aromatic carbocycles. The summed E-state index contributed by atoms with van der Waals surface area (Å²) in [5.74, 6) is 1.52. The molecule has 0 aromatic heterocycles. The van der Waals surface area contributed by atoms with E-state index in [1.54, 1.807) is 28.4 Å². The Morgan fingerprint density at radius 2 is 1.00 bits per heavy atom. The SMILES string of the molecule is CO[B-]1(OC)Oc2ccccc2C=[N+]1CCCCC[N+]1=Cc2ccccc2O[B-]1(OC)OC. The molecule has 0 atom stereocenters. The second kappa shape index (κ2) is 10.1. The molecule has 33 heavy (non-hydrogen) atoms. The molecule has 2 aliphatic heterocycles. The predicted molar refractivity (Wildman–Crippen MR) is 128 cm³/mol. The highest BCUT2D eigenvalue weighted by atomic mass is 16.8. The fourth-order valence-electron chi connectivity index (χ4n) is 4.52. The van der Waals surface area contributed by atoms with Crippen LogP contribution < -0.4 is 9.31 Å². The van der Waals surface area contributed by atoms with E-state index in [0.717, 1.165) is 55.0 Å². The van der Waals surface area contributed by atoms with Gasteiger partial charge in [0.05, 0.1) is 35.7 Å². The molecule has 0 spiro atoms. The summed E-state index contributed by atoms with van der Waals surface area (Å²) in [4.78, 5) is 0. The second-order valence-corrected chi connectivity index (χ2v) is 8.26. The van der Waals surface area contributed by atoms with E-state index in [-0.39, 0.29) is 0 Å². The Bertz CT molecular complexity index is 956. The molecule has 0 bridgehead atoms. The number of hydrogen-bond acceptors (Lipinski definition) is 6. The molecule has 0 amide bonds. The van der Waals surface area contributed by atoms with Crippen molar-refractivity contribution in [2.24, 2.45) is 0 Å². The van der Waals surface area contributed by atoms with Gasteiger partial charge in [-0.2, -0.15) is 0 Å². The highest BCUT2D eigenvalue weighted by molar-refractivity contribution is 6.54. The van der Waals surface area contributed by atoms with Crippen LogP contribution in [0.2, 0.25) is 0 Å². The third-order valence-electron chi connectivity index (χ3n) is 6.34. The van der Waals surface area contributed by atoms with Crippen LogP contribution in [-0.2, 0) is 18.6 Å². The van der Waals surface area contributed by atoms with Crippen LogP contribution in [-0.4, -0.2) is 76.7 Å². The summed E-state index contributed by atoms with van der Waals surface area (Å²) in [7, 11) is 6.44. The van der Waals surface area contributed by atoms with Crippen molar-refractivity contribution in [1.29, 1.82) is 0 Å². The van der Waals surface area contributed by atoms with Crippen molar-refractivity contribution in [2.75, 3.05) is 41.5 Å². The highest BCUT2D eigenvalue weighted by Crippen LogP contribution is 2.27. The first-order valence-electron chi connectivity index (χ1n) is 11.4. The van der Waals surface area contributed by atoms with Gasteiger partial charge in [-0.25, -0.2) is 0 Å². The summed E-state index contributed by atoms with van der Waals surface area (Å²) in [6.45, 7) is -2.59. The van der Waals surface area contributed by atoms with Crippen molar-refractivity contribution < 1.29 is 36.9 Å². The molecule has 176 valence electrons. The summed E-state index contributed by atoms with van der Waals surface area (Å²) in [6, 6.07) is 15.8. The van der Waals surface area contributed by atoms with Gasteiger partial charge in [0.25, 0.3) is 0 Å². The molecular weight excluding hydrogens is 422 g/mol. The molecule has 0 aliphatic carbocycles. The summed E-state index contributed by atoms with van der Waals surface area (Å²) in [5.41, 5.74) is 2.02. The Labute approximate surface area is 195 Å². The fourth-order valence-corrected chi connectivity index (χ4v) is 4.52. The Hall–Kier alpha value is -2.65. The van der Waals surface area contributed by atoms with Gasteiger partial charge in [-0.3, -0.25) is 0 Å². The lowest BCUT2D eigenvalue weighted by Crippen LogP contribution is -2.60. The van der Waals surface area contributed by atoms with Crippen LogP contribution in [0.25, 0.3) is 0 Å². The lowest BCUT2D eigenvalue weighted by atomic mass is 9.90. The Morgan fingerprint density at radius 1 is 0.606 bits per heavy atom. The average molecular weight is 454 g/mol. The monoisotopic (exact) mass is 454 g/mol. The van der Waals surface area contributed by atoms with E-state index in [9.17, 15) is 0 Å². The van der Waals surface area contributed by atoms with Crippen LogP contribution in [0.4, 0.5) is 0 Å². The van der Waals surface area contributed by atoms with Gasteiger partial charge in [0.2, 0.25) is 0 Å². The maximum Gasteiger partial charge on any atom is 0.753 e. The number of rotatable bonds is 10. The molecule has 0 unspecified atom stereocenters. The molecule has 10 heteroatoms. The lowest BCUT2D eigenvalue weighted by molar-refractivity contribution is -0.457. The van der Waals surface area contributed by atoms with Gasteiger partial charge in [0.15, 0.2) is 0 Å². The zero-order valence-corrected chi connectivity index (χ0v) is 19.8. The third kappa shape index (κ3) is 4.56. The second-order valence-electron chi connectivity index (χ2n) is 8.26. The molecule has 0 radical (unpaired) electrons. The van der Waals surface area contributed by atoms with Crippen LogP contribution in [0.1, 0.15) is 30.4 Å². The number of para-hydroxylation sites is 2. The largest absolute Gasteiger partial charge is 0.753 e. The van der Waals surface area contributed by atoms with Crippen molar-refractivity contribution >= 4 is 26.2 Å². The maximum absolute atomic E-state index is 6.12. The quantitative estimate of drug-likeness (QED) is 0.407. The van der Waals surface area contributed by atoms with Crippen LogP contribution >= 0.6 is 0 Å². The lowest BCUT2D eigenvalue weighted by Gasteiger charge is -2.37. The molecule has 2 heterocycles. The van der Waals surface area contributed by atoms with Crippen LogP contribution in [0.5, 0.6) is 11.5 Å². The van der Waals surface area contributed by atoms with Crippen LogP contribution in [0, 0.1) is 0 Å². The first-order valence-corrected chi connectivity index (χ1v) is 11.4. The molecule has 0 saturated carbocycles. The van der Waals surface area contributed by atoms with Crippen LogP contribution in [0.3, 0.4) is 0 Å². The molecular formula is C23H32B2N2O6. The predicted octanol–water partition coefficient (Wildman–Crippen LogP) is 2.66. The summed E-state index contributed by atoms with van der Waals surface area (Å²) >= 11 is 0. The number of unbranched alkanes of at least 4 members (excludes halogenated alkanes) is 2.